The molecule has 0 atom stereocenters. The second kappa shape index (κ2) is 4.68. The summed E-state index contributed by atoms with van der Waals surface area (Å²) < 4.78 is 14.9. The van der Waals surface area contributed by atoms with Gasteiger partial charge in [-0.15, -0.1) is 0 Å². The molecule has 1 rings (SSSR count). The molecule has 0 bridgehead atoms. The van der Waals surface area contributed by atoms with Gasteiger partial charge in [-0.25, -0.2) is 4.79 Å². The molecule has 0 amide bonds. The van der Waals surface area contributed by atoms with Crippen LogP contribution < -0.4 is 9.47 Å². The zero-order chi connectivity index (χ0) is 11.4. The van der Waals surface area contributed by atoms with E-state index in [1.807, 2.05) is 6.92 Å². The summed E-state index contributed by atoms with van der Waals surface area (Å²) in [4.78, 5) is 11.4. The summed E-state index contributed by atoms with van der Waals surface area (Å²) in [6, 6.07) is 3.35. The van der Waals surface area contributed by atoms with Crippen LogP contribution in [-0.4, -0.2) is 27.3 Å². The summed E-state index contributed by atoms with van der Waals surface area (Å²) in [6.07, 6.45) is 0. The van der Waals surface area contributed by atoms with Gasteiger partial charge in [-0.2, -0.15) is 0 Å². The van der Waals surface area contributed by atoms with Gasteiger partial charge in [-0.05, 0) is 18.6 Å². The van der Waals surface area contributed by atoms with Crippen LogP contribution in [-0.2, 0) is 4.74 Å². The summed E-state index contributed by atoms with van der Waals surface area (Å²) in [5.74, 6) is 0.710. The number of carbonyl (C=O) groups is 1. The summed E-state index contributed by atoms with van der Waals surface area (Å²) >= 11 is 0. The monoisotopic (exact) mass is 210 g/mol. The third-order valence-electron chi connectivity index (χ3n) is 2.12. The van der Waals surface area contributed by atoms with E-state index in [2.05, 4.69) is 4.74 Å². The third kappa shape index (κ3) is 2.21. The minimum atomic E-state index is -0.419. The standard InChI is InChI=1S/C11H14O4/c1-7-5-8(11(12)15-4)10(14-3)6-9(7)13-2/h5-6H,1-4H3. The fourth-order valence-corrected chi connectivity index (χ4v) is 1.33. The lowest BCUT2D eigenvalue weighted by Gasteiger charge is -2.11. The molecule has 0 heterocycles. The van der Waals surface area contributed by atoms with E-state index in [-0.39, 0.29) is 0 Å². The van der Waals surface area contributed by atoms with E-state index in [1.165, 1.54) is 14.2 Å². The number of ether oxygens (including phenoxy) is 3. The molecule has 0 aromatic heterocycles. The third-order valence-corrected chi connectivity index (χ3v) is 2.12. The Morgan fingerprint density at radius 3 is 2.13 bits per heavy atom. The first kappa shape index (κ1) is 11.4. The molecule has 0 spiro atoms. The van der Waals surface area contributed by atoms with Crippen LogP contribution in [0.4, 0.5) is 0 Å². The van der Waals surface area contributed by atoms with E-state index in [9.17, 15) is 4.79 Å². The Bertz CT molecular complexity index is 371. The Kier molecular flexibility index (Phi) is 3.55. The Morgan fingerprint density at radius 2 is 1.67 bits per heavy atom. The van der Waals surface area contributed by atoms with Crippen LogP contribution in [0, 0.1) is 6.92 Å². The van der Waals surface area contributed by atoms with Crippen molar-refractivity contribution in [3.8, 4) is 11.5 Å². The number of hydrogen-bond donors (Lipinski definition) is 0. The maximum Gasteiger partial charge on any atom is 0.341 e. The fraction of sp³-hybridized carbons (Fsp3) is 0.364. The van der Waals surface area contributed by atoms with Crippen molar-refractivity contribution >= 4 is 5.97 Å². The van der Waals surface area contributed by atoms with Crippen molar-refractivity contribution < 1.29 is 19.0 Å². The van der Waals surface area contributed by atoms with Crippen molar-refractivity contribution in [2.75, 3.05) is 21.3 Å². The van der Waals surface area contributed by atoms with E-state index >= 15 is 0 Å². The summed E-state index contributed by atoms with van der Waals surface area (Å²) in [5, 5.41) is 0. The van der Waals surface area contributed by atoms with Crippen LogP contribution in [0.1, 0.15) is 15.9 Å². The first-order valence-corrected chi connectivity index (χ1v) is 4.45. The first-order valence-electron chi connectivity index (χ1n) is 4.45. The van der Waals surface area contributed by atoms with E-state index in [4.69, 9.17) is 9.47 Å². The van der Waals surface area contributed by atoms with Gasteiger partial charge in [0.2, 0.25) is 0 Å². The molecule has 82 valence electrons. The summed E-state index contributed by atoms with van der Waals surface area (Å²) in [5.41, 5.74) is 1.26. The van der Waals surface area contributed by atoms with Crippen molar-refractivity contribution in [2.45, 2.75) is 6.92 Å². The summed E-state index contributed by atoms with van der Waals surface area (Å²) in [7, 11) is 4.40. The van der Waals surface area contributed by atoms with Crippen molar-refractivity contribution in [1.82, 2.24) is 0 Å². The molecule has 1 aromatic rings. The number of rotatable bonds is 3. The molecule has 4 heteroatoms. The molecule has 1 aromatic carbocycles. The van der Waals surface area contributed by atoms with Gasteiger partial charge in [-0.1, -0.05) is 0 Å². The predicted octanol–water partition coefficient (Wildman–Crippen LogP) is 1.80. The lowest BCUT2D eigenvalue weighted by Crippen LogP contribution is -2.05. The molecular weight excluding hydrogens is 196 g/mol. The van der Waals surface area contributed by atoms with Gasteiger partial charge in [0.25, 0.3) is 0 Å². The Labute approximate surface area is 88.8 Å². The molecule has 0 saturated heterocycles. The highest BCUT2D eigenvalue weighted by Crippen LogP contribution is 2.28. The van der Waals surface area contributed by atoms with Gasteiger partial charge in [0.1, 0.15) is 17.1 Å². The number of aryl methyl sites for hydroxylation is 1. The molecule has 0 saturated carbocycles. The minimum Gasteiger partial charge on any atom is -0.496 e. The highest BCUT2D eigenvalue weighted by atomic mass is 16.5. The van der Waals surface area contributed by atoms with Crippen molar-refractivity contribution in [2.24, 2.45) is 0 Å². The van der Waals surface area contributed by atoms with Crippen LogP contribution in [0.25, 0.3) is 0 Å². The van der Waals surface area contributed by atoms with Crippen molar-refractivity contribution in [3.05, 3.63) is 23.3 Å². The zero-order valence-electron chi connectivity index (χ0n) is 9.29. The normalized spacial score (nSPS) is 9.60. The van der Waals surface area contributed by atoms with Crippen LogP contribution in [0.15, 0.2) is 12.1 Å². The molecule has 0 aliphatic heterocycles. The van der Waals surface area contributed by atoms with Crippen molar-refractivity contribution in [3.63, 3.8) is 0 Å². The molecule has 0 aliphatic carbocycles. The Hall–Kier alpha value is -1.71. The molecule has 0 fully saturated rings. The van der Waals surface area contributed by atoms with Gasteiger partial charge in [-0.3, -0.25) is 0 Å². The second-order valence-electron chi connectivity index (χ2n) is 3.01. The van der Waals surface area contributed by atoms with Gasteiger partial charge in [0.15, 0.2) is 0 Å². The van der Waals surface area contributed by atoms with Gasteiger partial charge < -0.3 is 14.2 Å². The minimum absolute atomic E-state index is 0.401. The highest BCUT2D eigenvalue weighted by molar-refractivity contribution is 5.93. The van der Waals surface area contributed by atoms with Crippen LogP contribution in [0.2, 0.25) is 0 Å². The van der Waals surface area contributed by atoms with E-state index < -0.39 is 5.97 Å². The fourth-order valence-electron chi connectivity index (χ4n) is 1.33. The van der Waals surface area contributed by atoms with Gasteiger partial charge in [0, 0.05) is 6.07 Å². The number of carbonyl (C=O) groups excluding carboxylic acids is 1. The smallest absolute Gasteiger partial charge is 0.341 e. The SMILES string of the molecule is COC(=O)c1cc(C)c(OC)cc1OC. The Morgan fingerprint density at radius 1 is 1.07 bits per heavy atom. The molecule has 0 unspecified atom stereocenters. The lowest BCUT2D eigenvalue weighted by molar-refractivity contribution is 0.0597. The lowest BCUT2D eigenvalue weighted by atomic mass is 10.1. The van der Waals surface area contributed by atoms with Gasteiger partial charge >= 0.3 is 5.97 Å². The molecule has 15 heavy (non-hydrogen) atoms. The van der Waals surface area contributed by atoms with E-state index in [0.717, 1.165) is 5.56 Å². The maximum absolute atomic E-state index is 11.4. The second-order valence-corrected chi connectivity index (χ2v) is 3.01. The largest absolute Gasteiger partial charge is 0.496 e. The number of benzene rings is 1. The molecule has 4 nitrogen and oxygen atoms in total. The number of methoxy groups -OCH3 is 3. The van der Waals surface area contributed by atoms with E-state index in [1.54, 1.807) is 19.2 Å². The molecule has 0 N–H and O–H groups in total. The number of esters is 1. The zero-order valence-corrected chi connectivity index (χ0v) is 9.29. The van der Waals surface area contributed by atoms with Crippen LogP contribution in [0.3, 0.4) is 0 Å². The first-order chi connectivity index (χ1) is 7.13. The van der Waals surface area contributed by atoms with Gasteiger partial charge in [0.05, 0.1) is 21.3 Å². The van der Waals surface area contributed by atoms with Crippen molar-refractivity contribution in [1.29, 1.82) is 0 Å². The summed E-state index contributed by atoms with van der Waals surface area (Å²) in [6.45, 7) is 1.85. The molecule has 0 aliphatic rings. The average molecular weight is 210 g/mol. The highest BCUT2D eigenvalue weighted by Gasteiger charge is 2.15. The molecular formula is C11H14O4. The van der Waals surface area contributed by atoms with Crippen LogP contribution in [0.5, 0.6) is 11.5 Å². The predicted molar refractivity (Wildman–Crippen MR) is 55.6 cm³/mol. The van der Waals surface area contributed by atoms with Crippen LogP contribution >= 0.6 is 0 Å². The molecule has 0 radical (unpaired) electrons. The number of hydrogen-bond acceptors (Lipinski definition) is 4. The quantitative estimate of drug-likeness (QED) is 0.713. The topological polar surface area (TPSA) is 44.8 Å². The average Bonchev–Trinajstić information content (AvgIpc) is 2.27. The maximum atomic E-state index is 11.4. The van der Waals surface area contributed by atoms with E-state index in [0.29, 0.717) is 17.1 Å². The Balaban J connectivity index is 3.27.